The summed E-state index contributed by atoms with van der Waals surface area (Å²) < 4.78 is 5.03. The normalized spacial score (nSPS) is 17.6. The lowest BCUT2D eigenvalue weighted by molar-refractivity contribution is -0.155. The van der Waals surface area contributed by atoms with E-state index in [1.165, 1.54) is 11.9 Å². The van der Waals surface area contributed by atoms with Gasteiger partial charge >= 0.3 is 5.97 Å². The van der Waals surface area contributed by atoms with E-state index < -0.39 is 24.4 Å². The Balaban J connectivity index is 2.42. The van der Waals surface area contributed by atoms with Crippen LogP contribution in [0.4, 0.5) is 0 Å². The second-order valence-electron chi connectivity index (χ2n) is 7.70. The number of rotatable bonds is 6. The molecule has 1 fully saturated rings. The summed E-state index contributed by atoms with van der Waals surface area (Å²) in [6, 6.07) is 0.0272. The Morgan fingerprint density at radius 2 is 1.92 bits per heavy atom. The number of nitrogens with zero attached hydrogens (tertiary/aromatic N) is 2. The van der Waals surface area contributed by atoms with E-state index in [9.17, 15) is 19.2 Å². The van der Waals surface area contributed by atoms with Crippen molar-refractivity contribution in [2.45, 2.75) is 52.6 Å². The molecule has 8 heteroatoms. The average Bonchev–Trinajstić information content (AvgIpc) is 2.84. The third-order valence-electron chi connectivity index (χ3n) is 3.77. The smallest absolute Gasteiger partial charge is 0.311 e. The minimum Gasteiger partial charge on any atom is -0.455 e. The quantitative estimate of drug-likeness (QED) is 0.685. The maximum atomic E-state index is 12.0. The fourth-order valence-electron chi connectivity index (χ4n) is 2.51. The van der Waals surface area contributed by atoms with Crippen LogP contribution in [-0.2, 0) is 23.9 Å². The number of esters is 1. The molecule has 1 heterocycles. The van der Waals surface area contributed by atoms with Crippen molar-refractivity contribution in [3.05, 3.63) is 0 Å². The number of nitrogens with one attached hydrogen (secondary N) is 1. The summed E-state index contributed by atoms with van der Waals surface area (Å²) in [7, 11) is 1.47. The van der Waals surface area contributed by atoms with Crippen molar-refractivity contribution in [3.63, 3.8) is 0 Å². The van der Waals surface area contributed by atoms with Crippen LogP contribution in [0.1, 0.15) is 41.0 Å². The molecule has 0 spiro atoms. The van der Waals surface area contributed by atoms with Crippen molar-refractivity contribution in [2.24, 2.45) is 5.92 Å². The molecule has 0 aromatic heterocycles. The molecule has 0 saturated carbocycles. The lowest BCUT2D eigenvalue weighted by Gasteiger charge is -2.23. The molecule has 0 aliphatic carbocycles. The van der Waals surface area contributed by atoms with E-state index in [-0.39, 0.29) is 36.4 Å². The summed E-state index contributed by atoms with van der Waals surface area (Å²) in [6.45, 7) is 9.06. The minimum absolute atomic E-state index is 0.0272. The molecule has 1 rings (SSSR count). The second-order valence-corrected chi connectivity index (χ2v) is 7.70. The lowest BCUT2D eigenvalue weighted by Crippen LogP contribution is -2.47. The molecule has 0 radical (unpaired) electrons. The summed E-state index contributed by atoms with van der Waals surface area (Å²) in [4.78, 5) is 50.5. The van der Waals surface area contributed by atoms with Crippen molar-refractivity contribution in [1.82, 2.24) is 15.1 Å². The molecular weight excluding hydrogens is 326 g/mol. The molecule has 1 aliphatic rings. The Morgan fingerprint density at radius 1 is 1.32 bits per heavy atom. The molecule has 1 saturated heterocycles. The van der Waals surface area contributed by atoms with Crippen LogP contribution in [0.5, 0.6) is 0 Å². The minimum atomic E-state index is -0.558. The second kappa shape index (κ2) is 8.31. The zero-order valence-electron chi connectivity index (χ0n) is 15.9. The first-order chi connectivity index (χ1) is 11.4. The van der Waals surface area contributed by atoms with E-state index in [2.05, 4.69) is 5.32 Å². The van der Waals surface area contributed by atoms with E-state index >= 15 is 0 Å². The van der Waals surface area contributed by atoms with Crippen molar-refractivity contribution < 1.29 is 23.9 Å². The molecule has 1 atom stereocenters. The number of amides is 3. The van der Waals surface area contributed by atoms with Crippen LogP contribution in [0.25, 0.3) is 0 Å². The van der Waals surface area contributed by atoms with Gasteiger partial charge < -0.3 is 19.9 Å². The Labute approximate surface area is 148 Å². The highest BCUT2D eigenvalue weighted by atomic mass is 16.5. The molecule has 1 aliphatic heterocycles. The van der Waals surface area contributed by atoms with E-state index in [4.69, 9.17) is 4.74 Å². The maximum Gasteiger partial charge on any atom is 0.311 e. The Bertz CT molecular complexity index is 539. The van der Waals surface area contributed by atoms with E-state index in [0.717, 1.165) is 0 Å². The summed E-state index contributed by atoms with van der Waals surface area (Å²) >= 11 is 0. The first-order valence-corrected chi connectivity index (χ1v) is 8.41. The van der Waals surface area contributed by atoms with Gasteiger partial charge in [0, 0.05) is 31.6 Å². The zero-order valence-corrected chi connectivity index (χ0v) is 15.9. The van der Waals surface area contributed by atoms with Crippen LogP contribution in [0.15, 0.2) is 0 Å². The number of hydrogen-bond acceptors (Lipinski definition) is 5. The van der Waals surface area contributed by atoms with Crippen LogP contribution in [0.2, 0.25) is 0 Å². The third kappa shape index (κ3) is 6.72. The van der Waals surface area contributed by atoms with Crippen LogP contribution >= 0.6 is 0 Å². The molecule has 0 aromatic rings. The predicted octanol–water partition coefficient (Wildman–Crippen LogP) is 0.160. The topological polar surface area (TPSA) is 96.0 Å². The molecule has 8 nitrogen and oxygen atoms in total. The maximum absolute atomic E-state index is 12.0. The van der Waals surface area contributed by atoms with Crippen molar-refractivity contribution in [1.29, 1.82) is 0 Å². The molecule has 25 heavy (non-hydrogen) atoms. The van der Waals surface area contributed by atoms with Crippen LogP contribution in [0, 0.1) is 5.92 Å². The van der Waals surface area contributed by atoms with Gasteiger partial charge in [0.25, 0.3) is 5.91 Å². The molecule has 142 valence electrons. The zero-order chi connectivity index (χ0) is 19.4. The highest BCUT2D eigenvalue weighted by Gasteiger charge is 2.36. The van der Waals surface area contributed by atoms with Crippen molar-refractivity contribution in [3.8, 4) is 0 Å². The third-order valence-corrected chi connectivity index (χ3v) is 3.77. The number of carbonyl (C=O) groups excluding carboxylic acids is 4. The standard InChI is InChI=1S/C17H29N3O5/c1-11(2)20-8-12(7-14(20)22)16(24)25-10-15(23)19(6)9-13(21)18-17(3,4)5/h11-12H,7-10H2,1-6H3,(H,18,21). The first-order valence-electron chi connectivity index (χ1n) is 8.41. The van der Waals surface area contributed by atoms with Gasteiger partial charge in [0.05, 0.1) is 12.5 Å². The average molecular weight is 355 g/mol. The van der Waals surface area contributed by atoms with Gasteiger partial charge in [0.1, 0.15) is 0 Å². The number of likely N-dealkylation sites (N-methyl/N-ethyl adjacent to an activating group) is 1. The van der Waals surface area contributed by atoms with Crippen molar-refractivity contribution >= 4 is 23.7 Å². The number of hydrogen-bond donors (Lipinski definition) is 1. The fourth-order valence-corrected chi connectivity index (χ4v) is 2.51. The fraction of sp³-hybridized carbons (Fsp3) is 0.765. The SMILES string of the molecule is CC(C)N1CC(C(=O)OCC(=O)N(C)CC(=O)NC(C)(C)C)CC1=O. The van der Waals surface area contributed by atoms with Gasteiger partial charge in [0.2, 0.25) is 11.8 Å². The molecule has 0 aromatic carbocycles. The van der Waals surface area contributed by atoms with Gasteiger partial charge in [0.15, 0.2) is 6.61 Å². The van der Waals surface area contributed by atoms with Crippen LogP contribution < -0.4 is 5.32 Å². The predicted molar refractivity (Wildman–Crippen MR) is 91.4 cm³/mol. The van der Waals surface area contributed by atoms with Gasteiger partial charge in [-0.15, -0.1) is 0 Å². The number of ether oxygens (including phenoxy) is 1. The molecule has 3 amide bonds. The number of likely N-dealkylation sites (tertiary alicyclic amines) is 1. The van der Waals surface area contributed by atoms with E-state index in [1.807, 2.05) is 34.6 Å². The van der Waals surface area contributed by atoms with Crippen molar-refractivity contribution in [2.75, 3.05) is 26.7 Å². The van der Waals surface area contributed by atoms with Gasteiger partial charge in [-0.2, -0.15) is 0 Å². The van der Waals surface area contributed by atoms with E-state index in [0.29, 0.717) is 6.54 Å². The molecular formula is C17H29N3O5. The summed E-state index contributed by atoms with van der Waals surface area (Å²) in [5, 5.41) is 2.75. The number of carbonyl (C=O) groups is 4. The Morgan fingerprint density at radius 3 is 2.40 bits per heavy atom. The largest absolute Gasteiger partial charge is 0.455 e. The monoisotopic (exact) mass is 355 g/mol. The lowest BCUT2D eigenvalue weighted by atomic mass is 10.1. The molecule has 1 N–H and O–H groups in total. The summed E-state index contributed by atoms with van der Waals surface area (Å²) in [5.41, 5.74) is -0.384. The Hall–Kier alpha value is -2.12. The molecule has 1 unspecified atom stereocenters. The summed E-state index contributed by atoms with van der Waals surface area (Å²) in [6.07, 6.45) is 0.106. The first kappa shape index (κ1) is 20.9. The van der Waals surface area contributed by atoms with Crippen LogP contribution in [-0.4, -0.2) is 71.8 Å². The highest BCUT2D eigenvalue weighted by molar-refractivity contribution is 5.89. The van der Waals surface area contributed by atoms with Crippen LogP contribution in [0.3, 0.4) is 0 Å². The van der Waals surface area contributed by atoms with Gasteiger partial charge in [-0.3, -0.25) is 19.2 Å². The van der Waals surface area contributed by atoms with E-state index in [1.54, 1.807) is 4.90 Å². The van der Waals surface area contributed by atoms with Gasteiger partial charge in [-0.05, 0) is 34.6 Å². The van der Waals surface area contributed by atoms with Gasteiger partial charge in [-0.25, -0.2) is 0 Å². The Kier molecular flexibility index (Phi) is 6.96. The summed E-state index contributed by atoms with van der Waals surface area (Å²) in [5.74, 6) is -1.94. The highest BCUT2D eigenvalue weighted by Crippen LogP contribution is 2.21. The van der Waals surface area contributed by atoms with Gasteiger partial charge in [-0.1, -0.05) is 0 Å². The molecule has 0 bridgehead atoms.